The highest BCUT2D eigenvalue weighted by Crippen LogP contribution is 2.19. The van der Waals surface area contributed by atoms with Gasteiger partial charge in [-0.1, -0.05) is 13.8 Å². The third kappa shape index (κ3) is 12.2. The van der Waals surface area contributed by atoms with Gasteiger partial charge in [0, 0.05) is 67.8 Å². The van der Waals surface area contributed by atoms with Gasteiger partial charge in [0.25, 0.3) is 0 Å². The van der Waals surface area contributed by atoms with E-state index in [1.807, 2.05) is 0 Å². The van der Waals surface area contributed by atoms with Crippen LogP contribution >= 0.6 is 0 Å². The maximum atomic E-state index is 5.47. The van der Waals surface area contributed by atoms with E-state index < -0.39 is 17.6 Å². The molecular weight excluding hydrogens is 420 g/mol. The molecule has 182 valence electrons. The van der Waals surface area contributed by atoms with Crippen molar-refractivity contribution in [3.8, 4) is 0 Å². The first kappa shape index (κ1) is 30.1. The van der Waals surface area contributed by atoms with E-state index in [-0.39, 0.29) is 0 Å². The van der Waals surface area contributed by atoms with Crippen molar-refractivity contribution in [1.82, 2.24) is 10.6 Å². The highest BCUT2D eigenvalue weighted by Gasteiger charge is 2.37. The van der Waals surface area contributed by atoms with Crippen molar-refractivity contribution in [3.05, 3.63) is 0 Å². The van der Waals surface area contributed by atoms with Crippen molar-refractivity contribution in [1.29, 1.82) is 0 Å². The standard InChI is InChI=1S/C20H48N2O6Si2/c1-19(11-9-15-29(23-3,24-4)25-5)17-21-13-14-22-18-20(2)12-10-16-30(26-6,27-7)28-8/h19-22H,9-18H2,1-8H3. The summed E-state index contributed by atoms with van der Waals surface area (Å²) in [5.41, 5.74) is 0. The summed E-state index contributed by atoms with van der Waals surface area (Å²) in [6.07, 6.45) is 4.38. The van der Waals surface area contributed by atoms with Crippen molar-refractivity contribution in [3.63, 3.8) is 0 Å². The van der Waals surface area contributed by atoms with Crippen LogP contribution in [0, 0.1) is 11.8 Å². The fourth-order valence-electron chi connectivity index (χ4n) is 3.52. The van der Waals surface area contributed by atoms with Gasteiger partial charge in [0.2, 0.25) is 0 Å². The van der Waals surface area contributed by atoms with E-state index in [9.17, 15) is 0 Å². The van der Waals surface area contributed by atoms with Gasteiger partial charge in [0.05, 0.1) is 0 Å². The highest BCUT2D eigenvalue weighted by molar-refractivity contribution is 6.60. The summed E-state index contributed by atoms with van der Waals surface area (Å²) in [5.74, 6) is 1.24. The third-order valence-electron chi connectivity index (χ3n) is 5.69. The van der Waals surface area contributed by atoms with Crippen molar-refractivity contribution < 1.29 is 26.6 Å². The molecule has 0 saturated carbocycles. The molecule has 0 aromatic rings. The topological polar surface area (TPSA) is 79.4 Å². The van der Waals surface area contributed by atoms with E-state index in [1.54, 1.807) is 42.7 Å². The molecule has 0 radical (unpaired) electrons. The van der Waals surface area contributed by atoms with E-state index >= 15 is 0 Å². The van der Waals surface area contributed by atoms with Crippen molar-refractivity contribution >= 4 is 17.6 Å². The quantitative estimate of drug-likeness (QED) is 0.197. The minimum Gasteiger partial charge on any atom is -0.377 e. The largest absolute Gasteiger partial charge is 0.500 e. The van der Waals surface area contributed by atoms with Crippen LogP contribution in [0.15, 0.2) is 0 Å². The van der Waals surface area contributed by atoms with Gasteiger partial charge in [-0.05, 0) is 50.6 Å². The predicted molar refractivity (Wildman–Crippen MR) is 126 cm³/mol. The molecule has 0 aliphatic carbocycles. The second-order valence-corrected chi connectivity index (χ2v) is 14.2. The molecule has 0 spiro atoms. The molecule has 0 aliphatic rings. The van der Waals surface area contributed by atoms with Crippen molar-refractivity contribution in [2.45, 2.75) is 51.6 Å². The van der Waals surface area contributed by atoms with E-state index in [2.05, 4.69) is 24.5 Å². The molecule has 30 heavy (non-hydrogen) atoms. The Morgan fingerprint density at radius 3 is 1.13 bits per heavy atom. The summed E-state index contributed by atoms with van der Waals surface area (Å²) in [4.78, 5) is 0. The van der Waals surface area contributed by atoms with Crippen LogP contribution in [0.1, 0.15) is 39.5 Å². The molecule has 0 aromatic heterocycles. The van der Waals surface area contributed by atoms with Crippen molar-refractivity contribution in [2.24, 2.45) is 11.8 Å². The van der Waals surface area contributed by atoms with Crippen LogP contribution in [-0.2, 0) is 26.6 Å². The number of rotatable bonds is 21. The summed E-state index contributed by atoms with van der Waals surface area (Å²) < 4.78 is 32.8. The lowest BCUT2D eigenvalue weighted by Gasteiger charge is -2.25. The number of nitrogens with one attached hydrogen (secondary N) is 2. The summed E-state index contributed by atoms with van der Waals surface area (Å²) in [5, 5.41) is 7.09. The van der Waals surface area contributed by atoms with Gasteiger partial charge < -0.3 is 37.2 Å². The van der Waals surface area contributed by atoms with E-state index in [1.165, 1.54) is 0 Å². The Kier molecular flexibility index (Phi) is 17.7. The van der Waals surface area contributed by atoms with Crippen LogP contribution in [0.4, 0.5) is 0 Å². The lowest BCUT2D eigenvalue weighted by molar-refractivity contribution is 0.122. The van der Waals surface area contributed by atoms with E-state index in [4.69, 9.17) is 26.6 Å². The predicted octanol–water partition coefficient (Wildman–Crippen LogP) is 2.75. The lowest BCUT2D eigenvalue weighted by Crippen LogP contribution is -2.42. The average molecular weight is 469 g/mol. The number of hydrogen-bond acceptors (Lipinski definition) is 8. The zero-order valence-corrected chi connectivity index (χ0v) is 22.7. The van der Waals surface area contributed by atoms with Crippen molar-refractivity contribution in [2.75, 3.05) is 68.8 Å². The van der Waals surface area contributed by atoms with Gasteiger partial charge in [0.15, 0.2) is 0 Å². The Hall–Kier alpha value is 0.114. The molecule has 0 heterocycles. The van der Waals surface area contributed by atoms with Crippen LogP contribution in [0.25, 0.3) is 0 Å². The minimum atomic E-state index is -2.42. The lowest BCUT2D eigenvalue weighted by atomic mass is 10.1. The van der Waals surface area contributed by atoms with Crippen LogP contribution in [0.3, 0.4) is 0 Å². The Morgan fingerprint density at radius 1 is 0.567 bits per heavy atom. The van der Waals surface area contributed by atoms with Crippen LogP contribution < -0.4 is 10.6 Å². The normalized spacial score (nSPS) is 14.8. The smallest absolute Gasteiger partial charge is 0.377 e. The molecular formula is C20H48N2O6Si2. The molecule has 2 atom stereocenters. The van der Waals surface area contributed by atoms with Gasteiger partial charge in [0.1, 0.15) is 0 Å². The van der Waals surface area contributed by atoms with E-state index in [0.717, 1.165) is 64.0 Å². The first-order valence-electron chi connectivity index (χ1n) is 11.1. The summed E-state index contributed by atoms with van der Waals surface area (Å²) in [6, 6.07) is 1.73. The molecule has 2 N–H and O–H groups in total. The SMILES string of the molecule is CO[Si](CCCC(C)CNCCNCC(C)CCC[Si](OC)(OC)OC)(OC)OC. The molecule has 0 saturated heterocycles. The minimum absolute atomic E-state index is 0.618. The van der Waals surface area contributed by atoms with Crippen LogP contribution in [0.2, 0.25) is 12.1 Å². The van der Waals surface area contributed by atoms with Gasteiger partial charge in [-0.15, -0.1) is 0 Å². The van der Waals surface area contributed by atoms with Gasteiger partial charge >= 0.3 is 17.6 Å². The summed E-state index contributed by atoms with van der Waals surface area (Å²) in [7, 11) is 5.19. The van der Waals surface area contributed by atoms with E-state index in [0.29, 0.717) is 11.8 Å². The van der Waals surface area contributed by atoms with Gasteiger partial charge in [-0.3, -0.25) is 0 Å². The average Bonchev–Trinajstić information content (AvgIpc) is 2.77. The zero-order chi connectivity index (χ0) is 22.9. The first-order valence-corrected chi connectivity index (χ1v) is 14.9. The molecule has 0 bridgehead atoms. The van der Waals surface area contributed by atoms with Crippen LogP contribution in [-0.4, -0.2) is 86.4 Å². The van der Waals surface area contributed by atoms with Crippen LogP contribution in [0.5, 0.6) is 0 Å². The Morgan fingerprint density at radius 2 is 0.867 bits per heavy atom. The Balaban J connectivity index is 3.74. The second-order valence-electron chi connectivity index (χ2n) is 7.99. The Labute approximate surface area is 187 Å². The first-order chi connectivity index (χ1) is 14.4. The second kappa shape index (κ2) is 17.6. The summed E-state index contributed by atoms with van der Waals surface area (Å²) in [6.45, 7) is 8.57. The Bertz CT molecular complexity index is 349. The number of hydrogen-bond donors (Lipinski definition) is 2. The van der Waals surface area contributed by atoms with Gasteiger partial charge in [-0.25, -0.2) is 0 Å². The maximum absolute atomic E-state index is 5.47. The molecule has 2 unspecified atom stereocenters. The molecule has 0 aliphatic heterocycles. The zero-order valence-electron chi connectivity index (χ0n) is 20.7. The molecule has 0 fully saturated rings. The molecule has 0 amide bonds. The van der Waals surface area contributed by atoms with Gasteiger partial charge in [-0.2, -0.15) is 0 Å². The monoisotopic (exact) mass is 468 g/mol. The third-order valence-corrected chi connectivity index (χ3v) is 11.4. The highest BCUT2D eigenvalue weighted by atomic mass is 28.4. The molecule has 10 heteroatoms. The molecule has 8 nitrogen and oxygen atoms in total. The summed E-state index contributed by atoms with van der Waals surface area (Å²) >= 11 is 0. The maximum Gasteiger partial charge on any atom is 0.500 e. The fraction of sp³-hybridized carbons (Fsp3) is 1.00. The molecule has 0 aromatic carbocycles. The molecule has 0 rings (SSSR count). The fourth-order valence-corrected chi connectivity index (χ4v) is 7.02.